The molecule has 1 amide bonds. The van der Waals surface area contributed by atoms with Crippen LogP contribution in [0.1, 0.15) is 62.9 Å². The van der Waals surface area contributed by atoms with Gasteiger partial charge in [0.15, 0.2) is 11.5 Å². The second-order valence-corrected chi connectivity index (χ2v) is 7.28. The molecule has 0 atom stereocenters. The molecule has 0 unspecified atom stereocenters. The fourth-order valence-electron chi connectivity index (χ4n) is 3.24. The number of carbonyl (C=O) groups excluding carboxylic acids is 1. The highest BCUT2D eigenvalue weighted by Gasteiger charge is 2.16. The Kier molecular flexibility index (Phi) is 6.63. The lowest BCUT2D eigenvalue weighted by Crippen LogP contribution is -2.35. The van der Waals surface area contributed by atoms with Gasteiger partial charge in [-0.05, 0) is 63.1 Å². The van der Waals surface area contributed by atoms with Crippen LogP contribution in [0.2, 0.25) is 0 Å². The Balaban J connectivity index is 1.55. The van der Waals surface area contributed by atoms with Crippen molar-refractivity contribution in [3.8, 4) is 5.75 Å². The van der Waals surface area contributed by atoms with Gasteiger partial charge in [0.2, 0.25) is 0 Å². The van der Waals surface area contributed by atoms with E-state index >= 15 is 0 Å². The highest BCUT2D eigenvalue weighted by molar-refractivity contribution is 5.92. The lowest BCUT2D eigenvalue weighted by atomic mass is 10.1. The van der Waals surface area contributed by atoms with Gasteiger partial charge < -0.3 is 15.4 Å². The predicted molar refractivity (Wildman–Crippen MR) is 106 cm³/mol. The van der Waals surface area contributed by atoms with E-state index in [4.69, 9.17) is 4.74 Å². The van der Waals surface area contributed by atoms with Crippen LogP contribution in [0.3, 0.4) is 0 Å². The Bertz CT molecular complexity index is 721. The molecule has 1 aromatic carbocycles. The highest BCUT2D eigenvalue weighted by atomic mass is 16.5. The van der Waals surface area contributed by atoms with Gasteiger partial charge in [0.1, 0.15) is 5.75 Å². The van der Waals surface area contributed by atoms with E-state index in [1.165, 1.54) is 25.7 Å². The molecule has 0 bridgehead atoms. The molecule has 1 aliphatic carbocycles. The molecule has 2 aromatic rings. The van der Waals surface area contributed by atoms with Gasteiger partial charge in [-0.25, -0.2) is 0 Å². The van der Waals surface area contributed by atoms with E-state index in [1.807, 2.05) is 38.1 Å². The first kappa shape index (κ1) is 19.1. The van der Waals surface area contributed by atoms with E-state index in [0.717, 1.165) is 24.3 Å². The second kappa shape index (κ2) is 9.35. The number of carbonyl (C=O) groups is 1. The predicted octanol–water partition coefficient (Wildman–Crippen LogP) is 4.46. The first-order chi connectivity index (χ1) is 13.1. The molecule has 1 fully saturated rings. The number of hydrogen-bond donors (Lipinski definition) is 2. The number of amides is 1. The molecule has 1 saturated carbocycles. The molecule has 6 heteroatoms. The zero-order valence-electron chi connectivity index (χ0n) is 16.1. The minimum Gasteiger partial charge on any atom is -0.491 e. The van der Waals surface area contributed by atoms with Crippen molar-refractivity contribution in [1.82, 2.24) is 15.5 Å². The van der Waals surface area contributed by atoms with Crippen LogP contribution in [0.15, 0.2) is 36.4 Å². The van der Waals surface area contributed by atoms with E-state index in [1.54, 1.807) is 12.1 Å². The number of benzene rings is 1. The summed E-state index contributed by atoms with van der Waals surface area (Å²) in [5.41, 5.74) is 1.24. The van der Waals surface area contributed by atoms with Gasteiger partial charge in [-0.15, -0.1) is 10.2 Å². The maximum atomic E-state index is 12.4. The summed E-state index contributed by atoms with van der Waals surface area (Å²) in [5, 5.41) is 14.5. The summed E-state index contributed by atoms with van der Waals surface area (Å²) in [6.07, 6.45) is 7.13. The average molecular weight is 368 g/mol. The highest BCUT2D eigenvalue weighted by Crippen LogP contribution is 2.20. The van der Waals surface area contributed by atoms with Gasteiger partial charge in [-0.1, -0.05) is 25.7 Å². The summed E-state index contributed by atoms with van der Waals surface area (Å²) in [4.78, 5) is 12.4. The molecule has 144 valence electrons. The first-order valence-corrected chi connectivity index (χ1v) is 9.78. The summed E-state index contributed by atoms with van der Waals surface area (Å²) < 4.78 is 5.63. The van der Waals surface area contributed by atoms with Gasteiger partial charge in [0.05, 0.1) is 6.10 Å². The quantitative estimate of drug-likeness (QED) is 0.736. The van der Waals surface area contributed by atoms with Crippen molar-refractivity contribution in [3.63, 3.8) is 0 Å². The molecule has 0 aliphatic heterocycles. The Labute approximate surface area is 160 Å². The molecule has 3 rings (SSSR count). The number of anilines is 2. The van der Waals surface area contributed by atoms with E-state index in [0.29, 0.717) is 11.5 Å². The Hall–Kier alpha value is -2.63. The van der Waals surface area contributed by atoms with Gasteiger partial charge in [0, 0.05) is 11.7 Å². The molecule has 0 saturated heterocycles. The monoisotopic (exact) mass is 368 g/mol. The summed E-state index contributed by atoms with van der Waals surface area (Å²) in [5.74, 6) is 1.28. The molecule has 27 heavy (non-hydrogen) atoms. The Morgan fingerprint density at radius 3 is 2.30 bits per heavy atom. The number of nitrogens with one attached hydrogen (secondary N) is 2. The summed E-state index contributed by atoms with van der Waals surface area (Å²) in [7, 11) is 0. The Morgan fingerprint density at radius 2 is 1.70 bits per heavy atom. The molecular weight excluding hydrogens is 340 g/mol. The van der Waals surface area contributed by atoms with E-state index in [-0.39, 0.29) is 18.1 Å². The molecule has 0 spiro atoms. The zero-order valence-corrected chi connectivity index (χ0v) is 16.1. The third-order valence-electron chi connectivity index (χ3n) is 4.59. The normalized spacial score (nSPS) is 15.2. The maximum Gasteiger partial charge on any atom is 0.272 e. The maximum absolute atomic E-state index is 12.4. The van der Waals surface area contributed by atoms with Crippen molar-refractivity contribution in [2.45, 2.75) is 64.5 Å². The van der Waals surface area contributed by atoms with Crippen LogP contribution < -0.4 is 15.4 Å². The van der Waals surface area contributed by atoms with Crippen molar-refractivity contribution in [2.24, 2.45) is 0 Å². The fraction of sp³-hybridized carbons (Fsp3) is 0.476. The van der Waals surface area contributed by atoms with Crippen molar-refractivity contribution in [3.05, 3.63) is 42.1 Å². The minimum absolute atomic E-state index is 0.142. The number of nitrogens with zero attached hydrogens (tertiary/aromatic N) is 2. The van der Waals surface area contributed by atoms with Crippen molar-refractivity contribution >= 4 is 17.4 Å². The van der Waals surface area contributed by atoms with Crippen LogP contribution in [-0.2, 0) is 0 Å². The van der Waals surface area contributed by atoms with Gasteiger partial charge in [-0.2, -0.15) is 0 Å². The van der Waals surface area contributed by atoms with Crippen LogP contribution >= 0.6 is 0 Å². The first-order valence-electron chi connectivity index (χ1n) is 9.78. The molecule has 0 radical (unpaired) electrons. The topological polar surface area (TPSA) is 76.1 Å². The Morgan fingerprint density at radius 1 is 1.00 bits per heavy atom. The summed E-state index contributed by atoms with van der Waals surface area (Å²) in [6.45, 7) is 3.99. The molecular formula is C21H28N4O2. The van der Waals surface area contributed by atoms with E-state index in [9.17, 15) is 4.79 Å². The van der Waals surface area contributed by atoms with Crippen molar-refractivity contribution in [2.75, 3.05) is 5.32 Å². The average Bonchev–Trinajstić information content (AvgIpc) is 2.92. The standard InChI is InChI=1S/C21H28N4O2/c1-15(2)27-18-11-9-17(10-12-18)22-20-14-13-19(24-25-20)21(26)23-16-7-5-3-4-6-8-16/h9-16H,3-8H2,1-2H3,(H,22,25)(H,23,26). The van der Waals surface area contributed by atoms with Crippen LogP contribution in [0.4, 0.5) is 11.5 Å². The number of aromatic nitrogens is 2. The lowest BCUT2D eigenvalue weighted by Gasteiger charge is -2.15. The van der Waals surface area contributed by atoms with E-state index < -0.39 is 0 Å². The molecule has 2 N–H and O–H groups in total. The smallest absolute Gasteiger partial charge is 0.272 e. The minimum atomic E-state index is -0.142. The van der Waals surface area contributed by atoms with Gasteiger partial charge in [-0.3, -0.25) is 4.79 Å². The molecule has 1 aromatic heterocycles. The van der Waals surface area contributed by atoms with Gasteiger partial charge >= 0.3 is 0 Å². The van der Waals surface area contributed by atoms with Crippen LogP contribution in [0.5, 0.6) is 5.75 Å². The fourth-order valence-corrected chi connectivity index (χ4v) is 3.24. The molecule has 1 heterocycles. The molecule has 6 nitrogen and oxygen atoms in total. The SMILES string of the molecule is CC(C)Oc1ccc(Nc2ccc(C(=O)NC3CCCCCC3)nn2)cc1. The number of rotatable bonds is 6. The van der Waals surface area contributed by atoms with Crippen LogP contribution in [0, 0.1) is 0 Å². The third kappa shape index (κ3) is 5.94. The van der Waals surface area contributed by atoms with Crippen LogP contribution in [0.25, 0.3) is 0 Å². The second-order valence-electron chi connectivity index (χ2n) is 7.28. The van der Waals surface area contributed by atoms with Crippen LogP contribution in [-0.4, -0.2) is 28.3 Å². The summed E-state index contributed by atoms with van der Waals surface area (Å²) in [6, 6.07) is 11.4. The number of ether oxygens (including phenoxy) is 1. The molecule has 1 aliphatic rings. The third-order valence-corrected chi connectivity index (χ3v) is 4.59. The summed E-state index contributed by atoms with van der Waals surface area (Å²) >= 11 is 0. The van der Waals surface area contributed by atoms with Gasteiger partial charge in [0.25, 0.3) is 5.91 Å². The van der Waals surface area contributed by atoms with E-state index in [2.05, 4.69) is 20.8 Å². The zero-order chi connectivity index (χ0) is 19.1. The largest absolute Gasteiger partial charge is 0.491 e. The lowest BCUT2D eigenvalue weighted by molar-refractivity contribution is 0.0927. The van der Waals surface area contributed by atoms with Crippen molar-refractivity contribution in [1.29, 1.82) is 0 Å². The number of hydrogen-bond acceptors (Lipinski definition) is 5. The van der Waals surface area contributed by atoms with Crippen molar-refractivity contribution < 1.29 is 9.53 Å².